The second-order valence-electron chi connectivity index (χ2n) is 7.63. The second kappa shape index (κ2) is 8.45. The molecule has 0 aliphatic heterocycles. The van der Waals surface area contributed by atoms with Gasteiger partial charge in [0.1, 0.15) is 5.60 Å². The molecule has 0 bridgehead atoms. The van der Waals surface area contributed by atoms with E-state index in [1.165, 1.54) is 6.20 Å². The van der Waals surface area contributed by atoms with Crippen molar-refractivity contribution in [1.29, 1.82) is 0 Å². The van der Waals surface area contributed by atoms with Crippen molar-refractivity contribution in [1.82, 2.24) is 9.55 Å². The fraction of sp³-hybridized carbons (Fsp3) is 0.318. The van der Waals surface area contributed by atoms with Crippen LogP contribution in [0.25, 0.3) is 10.9 Å². The van der Waals surface area contributed by atoms with Crippen LogP contribution in [0.3, 0.4) is 0 Å². The SMILES string of the molecule is COCCn1cc(C(=O)C(=O)Nc2ccc(OC(C)(C)C)nc2)c2ccccc21. The lowest BCUT2D eigenvalue weighted by Crippen LogP contribution is -2.24. The van der Waals surface area contributed by atoms with Gasteiger partial charge in [-0.3, -0.25) is 9.59 Å². The van der Waals surface area contributed by atoms with Crippen LogP contribution >= 0.6 is 0 Å². The van der Waals surface area contributed by atoms with Gasteiger partial charge in [-0.15, -0.1) is 0 Å². The standard InChI is InChI=1S/C22H25N3O4/c1-22(2,3)29-19-10-9-15(13-23-19)24-21(27)20(26)17-14-25(11-12-28-4)18-8-6-5-7-16(17)18/h5-10,13-14H,11-12H2,1-4H3,(H,24,27). The van der Waals surface area contributed by atoms with E-state index in [9.17, 15) is 9.59 Å². The van der Waals surface area contributed by atoms with Gasteiger partial charge in [-0.2, -0.15) is 0 Å². The average Bonchev–Trinajstić information content (AvgIpc) is 3.05. The van der Waals surface area contributed by atoms with E-state index < -0.39 is 11.7 Å². The van der Waals surface area contributed by atoms with Crippen LogP contribution in [0.15, 0.2) is 48.8 Å². The number of benzene rings is 1. The number of rotatable bonds is 7. The summed E-state index contributed by atoms with van der Waals surface area (Å²) >= 11 is 0. The molecule has 1 N–H and O–H groups in total. The molecule has 0 aliphatic carbocycles. The molecule has 0 radical (unpaired) electrons. The van der Waals surface area contributed by atoms with Gasteiger partial charge in [0, 0.05) is 36.8 Å². The molecule has 0 spiro atoms. The lowest BCUT2D eigenvalue weighted by atomic mass is 10.1. The van der Waals surface area contributed by atoms with Crippen LogP contribution < -0.4 is 10.1 Å². The molecular weight excluding hydrogens is 370 g/mol. The fourth-order valence-electron chi connectivity index (χ4n) is 2.94. The molecule has 0 saturated heterocycles. The first-order valence-corrected chi connectivity index (χ1v) is 9.36. The molecule has 7 heteroatoms. The van der Waals surface area contributed by atoms with Crippen molar-refractivity contribution in [2.45, 2.75) is 32.9 Å². The maximum atomic E-state index is 12.8. The van der Waals surface area contributed by atoms with Gasteiger partial charge in [-0.25, -0.2) is 4.98 Å². The minimum absolute atomic E-state index is 0.356. The Labute approximate surface area is 169 Å². The Hall–Kier alpha value is -3.19. The van der Waals surface area contributed by atoms with Crippen molar-refractivity contribution in [3.8, 4) is 5.88 Å². The summed E-state index contributed by atoms with van der Waals surface area (Å²) in [7, 11) is 1.62. The van der Waals surface area contributed by atoms with E-state index in [0.717, 1.165) is 10.9 Å². The van der Waals surface area contributed by atoms with E-state index in [2.05, 4.69) is 10.3 Å². The number of hydrogen-bond donors (Lipinski definition) is 1. The maximum Gasteiger partial charge on any atom is 0.296 e. The number of aromatic nitrogens is 2. The Morgan fingerprint density at radius 3 is 2.55 bits per heavy atom. The van der Waals surface area contributed by atoms with Crippen molar-refractivity contribution in [2.24, 2.45) is 0 Å². The number of nitrogens with one attached hydrogen (secondary N) is 1. The lowest BCUT2D eigenvalue weighted by Gasteiger charge is -2.20. The molecule has 7 nitrogen and oxygen atoms in total. The zero-order valence-corrected chi connectivity index (χ0v) is 17.1. The molecule has 0 fully saturated rings. The Kier molecular flexibility index (Phi) is 5.98. The predicted octanol–water partition coefficient (Wildman–Crippen LogP) is 3.68. The number of hydrogen-bond acceptors (Lipinski definition) is 5. The highest BCUT2D eigenvalue weighted by molar-refractivity contribution is 6.48. The number of carbonyl (C=O) groups is 2. The van der Waals surface area contributed by atoms with Gasteiger partial charge in [0.2, 0.25) is 5.88 Å². The summed E-state index contributed by atoms with van der Waals surface area (Å²) in [6, 6.07) is 10.8. The smallest absolute Gasteiger partial charge is 0.296 e. The van der Waals surface area contributed by atoms with Crippen molar-refractivity contribution in [3.05, 3.63) is 54.4 Å². The third-order valence-corrected chi connectivity index (χ3v) is 4.18. The second-order valence-corrected chi connectivity index (χ2v) is 7.63. The van der Waals surface area contributed by atoms with E-state index in [-0.39, 0.29) is 5.60 Å². The minimum atomic E-state index is -0.717. The highest BCUT2D eigenvalue weighted by Gasteiger charge is 2.22. The number of para-hydroxylation sites is 1. The van der Waals surface area contributed by atoms with E-state index in [4.69, 9.17) is 9.47 Å². The normalized spacial score (nSPS) is 11.4. The quantitative estimate of drug-likeness (QED) is 0.487. The Morgan fingerprint density at radius 1 is 1.14 bits per heavy atom. The van der Waals surface area contributed by atoms with Crippen LogP contribution in [-0.2, 0) is 16.1 Å². The number of nitrogens with zero attached hydrogens (tertiary/aromatic N) is 2. The minimum Gasteiger partial charge on any atom is -0.472 e. The van der Waals surface area contributed by atoms with Gasteiger partial charge in [0.25, 0.3) is 11.7 Å². The highest BCUT2D eigenvalue weighted by Crippen LogP contribution is 2.23. The van der Waals surface area contributed by atoms with Crippen LogP contribution in [0.4, 0.5) is 5.69 Å². The number of amides is 1. The summed E-state index contributed by atoms with van der Waals surface area (Å²) in [6.45, 7) is 6.86. The highest BCUT2D eigenvalue weighted by atomic mass is 16.5. The van der Waals surface area contributed by atoms with Crippen LogP contribution in [0.5, 0.6) is 5.88 Å². The van der Waals surface area contributed by atoms with E-state index >= 15 is 0 Å². The van der Waals surface area contributed by atoms with Gasteiger partial charge in [-0.05, 0) is 32.9 Å². The van der Waals surface area contributed by atoms with E-state index in [0.29, 0.717) is 30.3 Å². The number of pyridine rings is 1. The summed E-state index contributed by atoms with van der Waals surface area (Å²) in [5.41, 5.74) is 1.29. The molecule has 2 aromatic heterocycles. The summed E-state index contributed by atoms with van der Waals surface area (Å²) in [6.07, 6.45) is 3.16. The molecule has 0 aliphatic rings. The third-order valence-electron chi connectivity index (χ3n) is 4.18. The Bertz CT molecular complexity index is 1020. The van der Waals surface area contributed by atoms with Crippen LogP contribution in [-0.4, -0.2) is 40.6 Å². The molecule has 3 aromatic rings. The summed E-state index contributed by atoms with van der Waals surface area (Å²) in [4.78, 5) is 29.5. The molecular formula is C22H25N3O4. The third kappa shape index (κ3) is 5.00. The van der Waals surface area contributed by atoms with Crippen LogP contribution in [0.2, 0.25) is 0 Å². The number of carbonyl (C=O) groups excluding carboxylic acids is 2. The molecule has 1 amide bonds. The van der Waals surface area contributed by atoms with Crippen molar-refractivity contribution < 1.29 is 19.1 Å². The summed E-state index contributed by atoms with van der Waals surface area (Å²) in [5, 5.41) is 3.34. The number of anilines is 1. The van der Waals surface area contributed by atoms with Gasteiger partial charge in [0.15, 0.2) is 0 Å². The number of ketones is 1. The van der Waals surface area contributed by atoms with Crippen molar-refractivity contribution >= 4 is 28.3 Å². The molecule has 0 saturated carbocycles. The number of ether oxygens (including phenoxy) is 2. The number of fused-ring (bicyclic) bond motifs is 1. The molecule has 0 atom stereocenters. The first-order valence-electron chi connectivity index (χ1n) is 9.36. The molecule has 1 aromatic carbocycles. The van der Waals surface area contributed by atoms with Gasteiger partial charge in [-0.1, -0.05) is 18.2 Å². The van der Waals surface area contributed by atoms with Crippen LogP contribution in [0, 0.1) is 0 Å². The zero-order valence-electron chi connectivity index (χ0n) is 17.1. The van der Waals surface area contributed by atoms with Gasteiger partial charge >= 0.3 is 0 Å². The topological polar surface area (TPSA) is 82.5 Å². The Morgan fingerprint density at radius 2 is 1.90 bits per heavy atom. The van der Waals surface area contributed by atoms with E-state index in [1.54, 1.807) is 25.4 Å². The van der Waals surface area contributed by atoms with Gasteiger partial charge < -0.3 is 19.4 Å². The lowest BCUT2D eigenvalue weighted by molar-refractivity contribution is -0.112. The van der Waals surface area contributed by atoms with E-state index in [1.807, 2.05) is 49.6 Å². The molecule has 2 heterocycles. The molecule has 152 valence electrons. The molecule has 29 heavy (non-hydrogen) atoms. The monoisotopic (exact) mass is 395 g/mol. The summed E-state index contributed by atoms with van der Waals surface area (Å²) in [5.74, 6) is -0.874. The average molecular weight is 395 g/mol. The van der Waals surface area contributed by atoms with Crippen molar-refractivity contribution in [3.63, 3.8) is 0 Å². The van der Waals surface area contributed by atoms with Crippen LogP contribution in [0.1, 0.15) is 31.1 Å². The van der Waals surface area contributed by atoms with Gasteiger partial charge in [0.05, 0.1) is 24.1 Å². The first kappa shape index (κ1) is 20.5. The summed E-state index contributed by atoms with van der Waals surface area (Å²) < 4.78 is 12.7. The largest absolute Gasteiger partial charge is 0.472 e. The number of methoxy groups -OCH3 is 1. The molecule has 3 rings (SSSR count). The Balaban J connectivity index is 1.77. The molecule has 0 unspecified atom stereocenters. The van der Waals surface area contributed by atoms with Crippen molar-refractivity contribution in [2.75, 3.05) is 19.0 Å². The zero-order chi connectivity index (χ0) is 21.0. The predicted molar refractivity (Wildman–Crippen MR) is 111 cm³/mol. The first-order chi connectivity index (χ1) is 13.8. The fourth-order valence-corrected chi connectivity index (χ4v) is 2.94. The maximum absolute atomic E-state index is 12.8. The number of Topliss-reactive ketones (excluding diaryl/α,β-unsaturated/α-hetero) is 1.